The van der Waals surface area contributed by atoms with Crippen LogP contribution < -0.4 is 0 Å². The average Bonchev–Trinajstić information content (AvgIpc) is 3.16. The number of benzene rings is 1. The molecule has 3 heterocycles. The van der Waals surface area contributed by atoms with E-state index in [4.69, 9.17) is 0 Å². The van der Waals surface area contributed by atoms with Crippen molar-refractivity contribution in [3.8, 4) is 11.4 Å². The largest absolute Gasteiger partial charge is 0.346 e. The number of fused-ring (bicyclic) bond motifs is 1. The number of aromatic amines is 1. The Kier molecular flexibility index (Phi) is 2.93. The summed E-state index contributed by atoms with van der Waals surface area (Å²) in [6, 6.07) is 12.2. The van der Waals surface area contributed by atoms with Gasteiger partial charge in [-0.25, -0.2) is 14.6 Å². The molecule has 0 unspecified atom stereocenters. The van der Waals surface area contributed by atoms with Crippen LogP contribution in [0.1, 0.15) is 11.3 Å². The molecule has 0 amide bonds. The van der Waals surface area contributed by atoms with E-state index in [2.05, 4.69) is 37.4 Å². The molecule has 0 aliphatic heterocycles. The molecule has 0 saturated carbocycles. The van der Waals surface area contributed by atoms with E-state index in [1.165, 1.54) is 5.56 Å². The molecular weight excluding hydrogens is 276 g/mol. The Morgan fingerprint density at radius 1 is 1.05 bits per heavy atom. The van der Waals surface area contributed by atoms with Crippen LogP contribution in [0, 0.1) is 6.92 Å². The first-order chi connectivity index (χ1) is 10.8. The van der Waals surface area contributed by atoms with Gasteiger partial charge in [0.15, 0.2) is 0 Å². The molecule has 4 aromatic rings. The third-order valence-corrected chi connectivity index (χ3v) is 3.74. The molecular formula is C16H14N6. The first kappa shape index (κ1) is 12.7. The highest BCUT2D eigenvalue weighted by Gasteiger charge is 2.15. The van der Waals surface area contributed by atoms with Gasteiger partial charge >= 0.3 is 0 Å². The van der Waals surface area contributed by atoms with Gasteiger partial charge in [-0.1, -0.05) is 35.5 Å². The van der Waals surface area contributed by atoms with Crippen molar-refractivity contribution in [2.45, 2.75) is 13.5 Å². The topological polar surface area (TPSA) is 72.3 Å². The second kappa shape index (κ2) is 5.07. The molecule has 0 bridgehead atoms. The zero-order valence-corrected chi connectivity index (χ0v) is 12.1. The Labute approximate surface area is 126 Å². The van der Waals surface area contributed by atoms with E-state index in [1.54, 1.807) is 6.33 Å². The van der Waals surface area contributed by atoms with E-state index in [-0.39, 0.29) is 0 Å². The summed E-state index contributed by atoms with van der Waals surface area (Å²) in [5.74, 6) is 0. The Hall–Kier alpha value is -3.02. The van der Waals surface area contributed by atoms with Crippen molar-refractivity contribution in [3.05, 3.63) is 60.2 Å². The molecule has 0 spiro atoms. The van der Waals surface area contributed by atoms with Gasteiger partial charge in [0.25, 0.3) is 0 Å². The second-order valence-electron chi connectivity index (χ2n) is 5.13. The average molecular weight is 290 g/mol. The molecule has 0 atom stereocenters. The molecule has 0 fully saturated rings. The van der Waals surface area contributed by atoms with Crippen LogP contribution in [0.5, 0.6) is 0 Å². The number of nitrogens with one attached hydrogen (secondary N) is 1. The zero-order valence-electron chi connectivity index (χ0n) is 12.1. The Morgan fingerprint density at radius 3 is 2.77 bits per heavy atom. The van der Waals surface area contributed by atoms with Gasteiger partial charge in [0.1, 0.15) is 23.4 Å². The minimum Gasteiger partial charge on any atom is -0.346 e. The summed E-state index contributed by atoms with van der Waals surface area (Å²) < 4.78 is 1.89. The second-order valence-corrected chi connectivity index (χ2v) is 5.13. The van der Waals surface area contributed by atoms with E-state index in [1.807, 2.05) is 42.1 Å². The number of H-pyrrole nitrogens is 1. The lowest BCUT2D eigenvalue weighted by Crippen LogP contribution is -2.04. The van der Waals surface area contributed by atoms with Crippen LogP contribution in [0.4, 0.5) is 0 Å². The summed E-state index contributed by atoms with van der Waals surface area (Å²) in [6.07, 6.45) is 3.40. The Morgan fingerprint density at radius 2 is 1.91 bits per heavy atom. The van der Waals surface area contributed by atoms with Crippen molar-refractivity contribution in [3.63, 3.8) is 0 Å². The highest BCUT2D eigenvalue weighted by Crippen LogP contribution is 2.25. The van der Waals surface area contributed by atoms with Crippen LogP contribution in [0.25, 0.3) is 22.4 Å². The normalized spacial score (nSPS) is 11.1. The van der Waals surface area contributed by atoms with E-state index in [9.17, 15) is 0 Å². The van der Waals surface area contributed by atoms with E-state index in [0.29, 0.717) is 6.54 Å². The fourth-order valence-corrected chi connectivity index (χ4v) is 2.55. The summed E-state index contributed by atoms with van der Waals surface area (Å²) in [5.41, 5.74) is 4.59. The van der Waals surface area contributed by atoms with E-state index in [0.717, 1.165) is 28.1 Å². The van der Waals surface area contributed by atoms with Crippen molar-refractivity contribution >= 4 is 11.0 Å². The van der Waals surface area contributed by atoms with Crippen LogP contribution in [0.2, 0.25) is 0 Å². The highest BCUT2D eigenvalue weighted by atomic mass is 15.4. The van der Waals surface area contributed by atoms with Gasteiger partial charge in [-0.3, -0.25) is 0 Å². The van der Waals surface area contributed by atoms with Gasteiger partial charge in [0.05, 0.1) is 12.2 Å². The molecule has 108 valence electrons. The maximum absolute atomic E-state index is 4.38. The lowest BCUT2D eigenvalue weighted by Gasteiger charge is -2.04. The Balaban J connectivity index is 1.77. The third kappa shape index (κ3) is 2.05. The van der Waals surface area contributed by atoms with Gasteiger partial charge in [0.2, 0.25) is 0 Å². The lowest BCUT2D eigenvalue weighted by molar-refractivity contribution is 0.633. The molecule has 3 aromatic heterocycles. The van der Waals surface area contributed by atoms with Gasteiger partial charge in [-0.05, 0) is 18.6 Å². The Bertz CT molecular complexity index is 922. The molecule has 6 heteroatoms. The minimum absolute atomic E-state index is 0.695. The number of aromatic nitrogens is 6. The summed E-state index contributed by atoms with van der Waals surface area (Å²) >= 11 is 0. The van der Waals surface area contributed by atoms with E-state index < -0.39 is 0 Å². The zero-order chi connectivity index (χ0) is 14.9. The number of hydrogen-bond donors (Lipinski definition) is 1. The molecule has 4 rings (SSSR count). The summed E-state index contributed by atoms with van der Waals surface area (Å²) in [4.78, 5) is 11.7. The van der Waals surface area contributed by atoms with Crippen LogP contribution in [-0.4, -0.2) is 29.9 Å². The smallest absolute Gasteiger partial charge is 0.141 e. The number of hydrogen-bond acceptors (Lipinski definition) is 4. The first-order valence-corrected chi connectivity index (χ1v) is 7.05. The third-order valence-electron chi connectivity index (χ3n) is 3.74. The van der Waals surface area contributed by atoms with E-state index >= 15 is 0 Å². The van der Waals surface area contributed by atoms with Crippen molar-refractivity contribution in [1.29, 1.82) is 0 Å². The van der Waals surface area contributed by atoms with Crippen molar-refractivity contribution < 1.29 is 0 Å². The molecule has 0 radical (unpaired) electrons. The minimum atomic E-state index is 0.695. The van der Waals surface area contributed by atoms with Crippen LogP contribution in [0.3, 0.4) is 0 Å². The van der Waals surface area contributed by atoms with Crippen molar-refractivity contribution in [2.24, 2.45) is 0 Å². The molecule has 6 nitrogen and oxygen atoms in total. The number of nitrogens with zero attached hydrogens (tertiary/aromatic N) is 5. The van der Waals surface area contributed by atoms with Gasteiger partial charge in [0, 0.05) is 11.6 Å². The fourth-order valence-electron chi connectivity index (χ4n) is 2.55. The highest BCUT2D eigenvalue weighted by molar-refractivity contribution is 5.89. The molecule has 0 aliphatic carbocycles. The molecule has 22 heavy (non-hydrogen) atoms. The SMILES string of the molecule is Cc1c(-c2ncnc3[nH]ccc23)nnn1Cc1ccccc1. The standard InChI is InChI=1S/C16H14N6/c1-11-14(15-13-7-8-17-16(13)19-10-18-15)20-21-22(11)9-12-5-3-2-4-6-12/h2-8,10H,9H2,1H3,(H,17,18,19). The first-order valence-electron chi connectivity index (χ1n) is 7.05. The van der Waals surface area contributed by atoms with Gasteiger partial charge in [-0.2, -0.15) is 0 Å². The summed E-state index contributed by atoms with van der Waals surface area (Å²) in [6.45, 7) is 2.71. The van der Waals surface area contributed by atoms with Crippen LogP contribution in [0.15, 0.2) is 48.9 Å². The fraction of sp³-hybridized carbons (Fsp3) is 0.125. The molecule has 0 aliphatic rings. The maximum Gasteiger partial charge on any atom is 0.141 e. The predicted molar refractivity (Wildman–Crippen MR) is 83.2 cm³/mol. The van der Waals surface area contributed by atoms with Crippen LogP contribution in [-0.2, 0) is 6.54 Å². The molecule has 1 N–H and O–H groups in total. The summed E-state index contributed by atoms with van der Waals surface area (Å²) in [5, 5.41) is 9.55. The number of rotatable bonds is 3. The molecule has 0 saturated heterocycles. The van der Waals surface area contributed by atoms with Crippen LogP contribution >= 0.6 is 0 Å². The van der Waals surface area contributed by atoms with Crippen molar-refractivity contribution in [2.75, 3.05) is 0 Å². The predicted octanol–water partition coefficient (Wildman–Crippen LogP) is 2.57. The van der Waals surface area contributed by atoms with Gasteiger partial charge < -0.3 is 4.98 Å². The van der Waals surface area contributed by atoms with Crippen molar-refractivity contribution in [1.82, 2.24) is 29.9 Å². The summed E-state index contributed by atoms with van der Waals surface area (Å²) in [7, 11) is 0. The lowest BCUT2D eigenvalue weighted by atomic mass is 10.2. The quantitative estimate of drug-likeness (QED) is 0.629. The van der Waals surface area contributed by atoms with Gasteiger partial charge in [-0.15, -0.1) is 5.10 Å². The monoisotopic (exact) mass is 290 g/mol. The molecule has 1 aromatic carbocycles. The maximum atomic E-state index is 4.38.